The van der Waals surface area contributed by atoms with Gasteiger partial charge in [-0.25, -0.2) is 13.5 Å². The van der Waals surface area contributed by atoms with Gasteiger partial charge in [0.15, 0.2) is 0 Å². The molecule has 0 heterocycles. The molecule has 2 nitrogen and oxygen atoms in total. The molecular formula is C12H10F14O2. The van der Waals surface area contributed by atoms with Crippen molar-refractivity contribution in [3.8, 4) is 0 Å². The number of alkyl halides is 14. The van der Waals surface area contributed by atoms with Crippen LogP contribution >= 0.6 is 0 Å². The molecule has 0 aromatic carbocycles. The van der Waals surface area contributed by atoms with Crippen molar-refractivity contribution in [2.24, 2.45) is 5.92 Å². The number of ether oxygens (including phenoxy) is 2. The fourth-order valence-electron chi connectivity index (χ4n) is 2.56. The van der Waals surface area contributed by atoms with Crippen LogP contribution in [0.4, 0.5) is 61.5 Å². The Morgan fingerprint density at radius 1 is 0.786 bits per heavy atom. The van der Waals surface area contributed by atoms with Gasteiger partial charge < -0.3 is 0 Å². The minimum Gasteiger partial charge on any atom is -0.272 e. The third-order valence-electron chi connectivity index (χ3n) is 4.01. The molecule has 1 saturated carbocycles. The molecule has 0 bridgehead atoms. The zero-order valence-corrected chi connectivity index (χ0v) is 13.3. The average molecular weight is 452 g/mol. The van der Waals surface area contributed by atoms with Crippen LogP contribution in [-0.2, 0) is 9.47 Å². The Balaban J connectivity index is 3.42. The molecule has 3 atom stereocenters. The van der Waals surface area contributed by atoms with Gasteiger partial charge in [-0.15, -0.1) is 13.2 Å². The third kappa shape index (κ3) is 3.85. The highest BCUT2D eigenvalue weighted by Crippen LogP contribution is 2.60. The Kier molecular flexibility index (Phi) is 6.01. The number of rotatable bonds is 6. The Labute approximate surface area is 146 Å². The minimum absolute atomic E-state index is 0.847. The van der Waals surface area contributed by atoms with Gasteiger partial charge >= 0.3 is 30.5 Å². The second-order valence-corrected chi connectivity index (χ2v) is 5.83. The molecule has 1 fully saturated rings. The highest BCUT2D eigenvalue weighted by Gasteiger charge is 2.85. The average Bonchev–Trinajstić information content (AvgIpc) is 2.65. The molecule has 0 aromatic heterocycles. The van der Waals surface area contributed by atoms with E-state index in [0.717, 1.165) is 6.92 Å². The molecule has 1 aliphatic rings. The van der Waals surface area contributed by atoms with Crippen molar-refractivity contribution in [2.45, 2.75) is 68.4 Å². The van der Waals surface area contributed by atoms with Crippen LogP contribution in [0.5, 0.6) is 0 Å². The molecule has 0 N–H and O–H groups in total. The Morgan fingerprint density at radius 2 is 1.25 bits per heavy atom. The zero-order valence-electron chi connectivity index (χ0n) is 13.3. The standard InChI is InChI=1S/C12H10F14O2/c1-2-5-3-4-6(13,27-12(24,25)26)7(5,14)28-11(22,23)9(17,18)8(15,16)10(19,20)21/h5H,2-4H2,1H3. The summed E-state index contributed by atoms with van der Waals surface area (Å²) in [6, 6.07) is 0. The Hall–Kier alpha value is -1.06. The van der Waals surface area contributed by atoms with Crippen molar-refractivity contribution in [3.63, 3.8) is 0 Å². The van der Waals surface area contributed by atoms with Crippen molar-refractivity contribution in [1.29, 1.82) is 0 Å². The second kappa shape index (κ2) is 6.74. The van der Waals surface area contributed by atoms with Crippen molar-refractivity contribution in [3.05, 3.63) is 0 Å². The number of halogens is 14. The maximum absolute atomic E-state index is 14.7. The molecule has 16 heteroatoms. The lowest BCUT2D eigenvalue weighted by Crippen LogP contribution is -2.65. The fourth-order valence-corrected chi connectivity index (χ4v) is 2.56. The zero-order chi connectivity index (χ0) is 22.6. The van der Waals surface area contributed by atoms with Gasteiger partial charge in [0.1, 0.15) is 0 Å². The molecule has 1 aliphatic carbocycles. The van der Waals surface area contributed by atoms with E-state index in [-0.39, 0.29) is 0 Å². The van der Waals surface area contributed by atoms with Gasteiger partial charge in [0.25, 0.3) is 11.7 Å². The van der Waals surface area contributed by atoms with Crippen molar-refractivity contribution < 1.29 is 70.9 Å². The van der Waals surface area contributed by atoms with E-state index in [4.69, 9.17) is 0 Å². The van der Waals surface area contributed by atoms with Crippen LogP contribution in [0.1, 0.15) is 26.2 Å². The molecule has 1 rings (SSSR count). The first kappa shape index (κ1) is 25.0. The molecule has 0 spiro atoms. The first-order chi connectivity index (χ1) is 12.1. The van der Waals surface area contributed by atoms with E-state index in [0.29, 0.717) is 0 Å². The molecule has 0 aromatic rings. The van der Waals surface area contributed by atoms with Crippen LogP contribution in [0.25, 0.3) is 0 Å². The van der Waals surface area contributed by atoms with Crippen molar-refractivity contribution in [2.75, 3.05) is 0 Å². The molecule has 0 amide bonds. The lowest BCUT2D eigenvalue weighted by Gasteiger charge is -2.41. The maximum Gasteiger partial charge on any atom is 0.525 e. The predicted octanol–water partition coefficient (Wildman–Crippen LogP) is 6.12. The predicted molar refractivity (Wildman–Crippen MR) is 59.8 cm³/mol. The largest absolute Gasteiger partial charge is 0.525 e. The smallest absolute Gasteiger partial charge is 0.272 e. The summed E-state index contributed by atoms with van der Waals surface area (Å²) in [6.07, 6.45) is -24.1. The molecule has 168 valence electrons. The number of hydrogen-bond donors (Lipinski definition) is 0. The topological polar surface area (TPSA) is 18.5 Å². The Morgan fingerprint density at radius 3 is 1.61 bits per heavy atom. The van der Waals surface area contributed by atoms with E-state index >= 15 is 0 Å². The van der Waals surface area contributed by atoms with E-state index in [1.807, 2.05) is 0 Å². The van der Waals surface area contributed by atoms with Gasteiger partial charge in [-0.05, 0) is 12.8 Å². The summed E-state index contributed by atoms with van der Waals surface area (Å²) in [5, 5.41) is 0. The van der Waals surface area contributed by atoms with Crippen molar-refractivity contribution >= 4 is 0 Å². The van der Waals surface area contributed by atoms with Gasteiger partial charge in [0, 0.05) is 12.3 Å². The maximum atomic E-state index is 14.7. The van der Waals surface area contributed by atoms with Crippen LogP contribution in [0.3, 0.4) is 0 Å². The van der Waals surface area contributed by atoms with Gasteiger partial charge in [-0.1, -0.05) is 6.92 Å². The summed E-state index contributed by atoms with van der Waals surface area (Å²) in [6.45, 7) is 0.849. The highest BCUT2D eigenvalue weighted by molar-refractivity contribution is 5.03. The molecule has 0 radical (unpaired) electrons. The van der Waals surface area contributed by atoms with Crippen LogP contribution in [0.2, 0.25) is 0 Å². The first-order valence-electron chi connectivity index (χ1n) is 7.13. The number of hydrogen-bond acceptors (Lipinski definition) is 2. The third-order valence-corrected chi connectivity index (χ3v) is 4.01. The fraction of sp³-hybridized carbons (Fsp3) is 1.00. The highest BCUT2D eigenvalue weighted by atomic mass is 19.4. The van der Waals surface area contributed by atoms with Gasteiger partial charge in [0.2, 0.25) is 0 Å². The second-order valence-electron chi connectivity index (χ2n) is 5.83. The van der Waals surface area contributed by atoms with Crippen LogP contribution in [0, 0.1) is 5.92 Å². The lowest BCUT2D eigenvalue weighted by atomic mass is 9.98. The van der Waals surface area contributed by atoms with Crippen LogP contribution < -0.4 is 0 Å². The quantitative estimate of drug-likeness (QED) is 0.453. The first-order valence-corrected chi connectivity index (χ1v) is 7.13. The van der Waals surface area contributed by atoms with Gasteiger partial charge in [-0.2, -0.15) is 39.5 Å². The molecule has 3 unspecified atom stereocenters. The summed E-state index contributed by atoms with van der Waals surface area (Å²) in [4.78, 5) is 0. The summed E-state index contributed by atoms with van der Waals surface area (Å²) >= 11 is 0. The van der Waals surface area contributed by atoms with E-state index < -0.39 is 67.4 Å². The lowest BCUT2D eigenvalue weighted by molar-refractivity contribution is -0.506. The molecule has 0 saturated heterocycles. The molecular weight excluding hydrogens is 442 g/mol. The Bertz CT molecular complexity index is 570. The van der Waals surface area contributed by atoms with Crippen LogP contribution in [0.15, 0.2) is 0 Å². The van der Waals surface area contributed by atoms with E-state index in [1.165, 1.54) is 0 Å². The summed E-state index contributed by atoms with van der Waals surface area (Å²) in [5.41, 5.74) is 0. The van der Waals surface area contributed by atoms with E-state index in [2.05, 4.69) is 9.47 Å². The normalized spacial score (nSPS) is 30.8. The van der Waals surface area contributed by atoms with E-state index in [9.17, 15) is 61.5 Å². The van der Waals surface area contributed by atoms with Crippen LogP contribution in [-0.4, -0.2) is 42.2 Å². The van der Waals surface area contributed by atoms with Gasteiger partial charge in [-0.3, -0.25) is 4.74 Å². The SMILES string of the molecule is CCC1CCC(F)(OC(F)(F)F)C1(F)OC(F)(F)C(F)(F)C(F)(F)C(F)(F)F. The van der Waals surface area contributed by atoms with Crippen molar-refractivity contribution in [1.82, 2.24) is 0 Å². The molecule has 0 aliphatic heterocycles. The summed E-state index contributed by atoms with van der Waals surface area (Å²) < 4.78 is 186. The monoisotopic (exact) mass is 452 g/mol. The molecule has 28 heavy (non-hydrogen) atoms. The minimum atomic E-state index is -7.52. The summed E-state index contributed by atoms with van der Waals surface area (Å²) in [5.74, 6) is -27.5. The van der Waals surface area contributed by atoms with E-state index in [1.54, 1.807) is 0 Å². The summed E-state index contributed by atoms with van der Waals surface area (Å²) in [7, 11) is 0. The van der Waals surface area contributed by atoms with Gasteiger partial charge in [0.05, 0.1) is 0 Å².